The minimum Gasteiger partial charge on any atom is -0.494 e. The van der Waals surface area contributed by atoms with Crippen LogP contribution in [-0.4, -0.2) is 17.5 Å². The zero-order chi connectivity index (χ0) is 21.5. The molecule has 0 fully saturated rings. The van der Waals surface area contributed by atoms with Crippen molar-refractivity contribution in [2.75, 3.05) is 11.5 Å². The molecular weight excluding hydrogens is 416 g/mol. The molecule has 0 radical (unpaired) electrons. The number of hydrogen-bond acceptors (Lipinski definition) is 5. The van der Waals surface area contributed by atoms with Crippen LogP contribution in [0, 0.1) is 0 Å². The summed E-state index contributed by atoms with van der Waals surface area (Å²) in [6.07, 6.45) is 1.60. The Balaban J connectivity index is 1.80. The largest absolute Gasteiger partial charge is 0.494 e. The Morgan fingerprint density at radius 1 is 1.10 bits per heavy atom. The number of nitrogens with zero attached hydrogens (tertiary/aromatic N) is 2. The predicted octanol–water partition coefficient (Wildman–Crippen LogP) is 4.99. The normalized spacial score (nSPS) is 15.4. The van der Waals surface area contributed by atoms with Crippen LogP contribution >= 0.6 is 11.6 Å². The highest BCUT2D eigenvalue weighted by atomic mass is 35.5. The average Bonchev–Trinajstić information content (AvgIpc) is 3.08. The standard InChI is InChI=1S/C24H17ClN2O4/c1-2-30-16-7-5-6-14(12-16)21-20-22(28)17-13-15(25)9-10-18(17)31-23(20)24(29)27(21)19-8-3-4-11-26-19/h3-13,21H,2H2,1H3/t21-/m1/s1. The van der Waals surface area contributed by atoms with E-state index in [0.29, 0.717) is 34.2 Å². The topological polar surface area (TPSA) is 72.6 Å². The van der Waals surface area contributed by atoms with E-state index in [-0.39, 0.29) is 16.8 Å². The van der Waals surface area contributed by atoms with Crippen molar-refractivity contribution < 1.29 is 13.9 Å². The van der Waals surface area contributed by atoms with Gasteiger partial charge in [0.25, 0.3) is 5.91 Å². The molecule has 0 unspecified atom stereocenters. The molecule has 1 amide bonds. The molecule has 2 aromatic heterocycles. The van der Waals surface area contributed by atoms with Crippen molar-refractivity contribution in [1.82, 2.24) is 4.98 Å². The second kappa shape index (κ2) is 7.56. The smallest absolute Gasteiger partial charge is 0.296 e. The number of ether oxygens (including phenoxy) is 1. The van der Waals surface area contributed by atoms with Crippen molar-refractivity contribution in [3.8, 4) is 5.75 Å². The van der Waals surface area contributed by atoms with E-state index in [1.807, 2.05) is 31.2 Å². The van der Waals surface area contributed by atoms with E-state index in [1.165, 1.54) is 4.90 Å². The maximum absolute atomic E-state index is 13.5. The number of hydrogen-bond donors (Lipinski definition) is 0. The van der Waals surface area contributed by atoms with E-state index in [4.69, 9.17) is 20.8 Å². The summed E-state index contributed by atoms with van der Waals surface area (Å²) >= 11 is 6.12. The zero-order valence-electron chi connectivity index (χ0n) is 16.5. The molecule has 1 aliphatic heterocycles. The highest BCUT2D eigenvalue weighted by molar-refractivity contribution is 6.31. The molecule has 1 atom stereocenters. The first-order valence-corrected chi connectivity index (χ1v) is 10.2. The summed E-state index contributed by atoms with van der Waals surface area (Å²) in [7, 11) is 0. The SMILES string of the molecule is CCOc1cccc([C@@H]2c3c(oc4ccc(Cl)cc4c3=O)C(=O)N2c2ccccn2)c1. The van der Waals surface area contributed by atoms with Crippen LogP contribution < -0.4 is 15.1 Å². The fourth-order valence-electron chi connectivity index (χ4n) is 3.93. The lowest BCUT2D eigenvalue weighted by Gasteiger charge is -2.24. The van der Waals surface area contributed by atoms with Crippen molar-refractivity contribution in [2.45, 2.75) is 13.0 Å². The Morgan fingerprint density at radius 2 is 1.97 bits per heavy atom. The number of fused-ring (bicyclic) bond motifs is 2. The highest BCUT2D eigenvalue weighted by Gasteiger charge is 2.44. The number of amides is 1. The van der Waals surface area contributed by atoms with Gasteiger partial charge in [0.2, 0.25) is 5.76 Å². The Hall–Kier alpha value is -3.64. The van der Waals surface area contributed by atoms with Crippen LogP contribution in [0.1, 0.15) is 34.6 Å². The first kappa shape index (κ1) is 19.3. The summed E-state index contributed by atoms with van der Waals surface area (Å²) in [6.45, 7) is 2.39. The molecule has 6 nitrogen and oxygen atoms in total. The van der Waals surface area contributed by atoms with Crippen LogP contribution in [0.2, 0.25) is 5.02 Å². The number of pyridine rings is 1. The third-order valence-corrected chi connectivity index (χ3v) is 5.45. The van der Waals surface area contributed by atoms with Crippen LogP contribution in [0.5, 0.6) is 5.75 Å². The Kier molecular flexibility index (Phi) is 4.71. The first-order chi connectivity index (χ1) is 15.1. The first-order valence-electron chi connectivity index (χ1n) is 9.82. The number of carbonyl (C=O) groups excluding carboxylic acids is 1. The van der Waals surface area contributed by atoms with Gasteiger partial charge in [-0.3, -0.25) is 14.5 Å². The van der Waals surface area contributed by atoms with Gasteiger partial charge in [-0.15, -0.1) is 0 Å². The van der Waals surface area contributed by atoms with Crippen molar-refractivity contribution >= 4 is 34.3 Å². The Morgan fingerprint density at radius 3 is 2.74 bits per heavy atom. The molecule has 0 N–H and O–H groups in total. The fourth-order valence-corrected chi connectivity index (χ4v) is 4.11. The Bertz CT molecular complexity index is 1370. The number of anilines is 1. The quantitative estimate of drug-likeness (QED) is 0.454. The van der Waals surface area contributed by atoms with Gasteiger partial charge in [0.15, 0.2) is 5.43 Å². The number of rotatable bonds is 4. The predicted molar refractivity (Wildman–Crippen MR) is 118 cm³/mol. The van der Waals surface area contributed by atoms with E-state index < -0.39 is 11.9 Å². The van der Waals surface area contributed by atoms with Gasteiger partial charge in [-0.1, -0.05) is 29.8 Å². The number of aromatic nitrogens is 1. The summed E-state index contributed by atoms with van der Waals surface area (Å²) in [4.78, 5) is 32.8. The lowest BCUT2D eigenvalue weighted by Crippen LogP contribution is -2.30. The summed E-state index contributed by atoms with van der Waals surface area (Å²) < 4.78 is 11.6. The summed E-state index contributed by atoms with van der Waals surface area (Å²) in [5.41, 5.74) is 1.000. The van der Waals surface area contributed by atoms with Crippen LogP contribution in [0.25, 0.3) is 11.0 Å². The van der Waals surface area contributed by atoms with Gasteiger partial charge < -0.3 is 9.15 Å². The van der Waals surface area contributed by atoms with Crippen LogP contribution in [0.4, 0.5) is 5.82 Å². The number of benzene rings is 2. The number of carbonyl (C=O) groups is 1. The molecule has 3 heterocycles. The van der Waals surface area contributed by atoms with Crippen molar-refractivity contribution in [2.24, 2.45) is 0 Å². The van der Waals surface area contributed by atoms with Gasteiger partial charge >= 0.3 is 0 Å². The molecule has 5 rings (SSSR count). The lowest BCUT2D eigenvalue weighted by atomic mass is 9.98. The minimum atomic E-state index is -0.711. The molecular formula is C24H17ClN2O4. The van der Waals surface area contributed by atoms with E-state index in [1.54, 1.807) is 42.6 Å². The molecule has 2 aromatic carbocycles. The van der Waals surface area contributed by atoms with Crippen LogP contribution in [0.15, 0.2) is 76.1 Å². The van der Waals surface area contributed by atoms with E-state index >= 15 is 0 Å². The van der Waals surface area contributed by atoms with E-state index in [2.05, 4.69) is 4.98 Å². The van der Waals surface area contributed by atoms with Crippen LogP contribution in [-0.2, 0) is 0 Å². The van der Waals surface area contributed by atoms with Crippen LogP contribution in [0.3, 0.4) is 0 Å². The third kappa shape index (κ3) is 3.16. The molecule has 0 spiro atoms. The molecule has 154 valence electrons. The second-order valence-corrected chi connectivity index (χ2v) is 7.52. The van der Waals surface area contributed by atoms with Gasteiger partial charge in [0, 0.05) is 11.2 Å². The summed E-state index contributed by atoms with van der Waals surface area (Å²) in [5.74, 6) is 0.661. The zero-order valence-corrected chi connectivity index (χ0v) is 17.3. The molecule has 0 saturated carbocycles. The molecule has 0 saturated heterocycles. The summed E-state index contributed by atoms with van der Waals surface area (Å²) in [5, 5.41) is 0.744. The van der Waals surface area contributed by atoms with E-state index in [0.717, 1.165) is 5.56 Å². The van der Waals surface area contributed by atoms with Gasteiger partial charge in [-0.25, -0.2) is 4.98 Å². The lowest BCUT2D eigenvalue weighted by molar-refractivity contribution is 0.0970. The van der Waals surface area contributed by atoms with Crippen molar-refractivity contribution in [1.29, 1.82) is 0 Å². The molecule has 7 heteroatoms. The maximum atomic E-state index is 13.5. The van der Waals surface area contributed by atoms with Gasteiger partial charge in [-0.2, -0.15) is 0 Å². The molecule has 31 heavy (non-hydrogen) atoms. The minimum absolute atomic E-state index is 0.0114. The van der Waals surface area contributed by atoms with Gasteiger partial charge in [0.1, 0.15) is 17.2 Å². The molecule has 0 aliphatic carbocycles. The van der Waals surface area contributed by atoms with Gasteiger partial charge in [0.05, 0.1) is 23.6 Å². The number of halogens is 1. The third-order valence-electron chi connectivity index (χ3n) is 5.21. The van der Waals surface area contributed by atoms with Gasteiger partial charge in [-0.05, 0) is 55.0 Å². The summed E-state index contributed by atoms with van der Waals surface area (Å²) in [6, 6.07) is 16.7. The monoisotopic (exact) mass is 432 g/mol. The van der Waals surface area contributed by atoms with Crippen molar-refractivity contribution in [3.05, 3.63) is 99.0 Å². The molecule has 1 aliphatic rings. The molecule has 4 aromatic rings. The Labute approximate surface area is 182 Å². The molecule has 0 bridgehead atoms. The average molecular weight is 433 g/mol. The van der Waals surface area contributed by atoms with E-state index in [9.17, 15) is 9.59 Å². The maximum Gasteiger partial charge on any atom is 0.296 e. The second-order valence-electron chi connectivity index (χ2n) is 7.09. The highest BCUT2D eigenvalue weighted by Crippen LogP contribution is 2.41. The van der Waals surface area contributed by atoms with Crippen molar-refractivity contribution in [3.63, 3.8) is 0 Å². The fraction of sp³-hybridized carbons (Fsp3) is 0.125.